The summed E-state index contributed by atoms with van der Waals surface area (Å²) in [6, 6.07) is 0. The molecule has 0 radical (unpaired) electrons. The first kappa shape index (κ1) is 25.8. The minimum atomic E-state index is -1.69. The lowest BCUT2D eigenvalue weighted by molar-refractivity contribution is -0.154. The molecule has 0 heterocycles. The molecule has 1 N–H and O–H groups in total. The van der Waals surface area contributed by atoms with Crippen molar-refractivity contribution in [3.05, 3.63) is 12.2 Å². The highest BCUT2D eigenvalue weighted by Crippen LogP contribution is 2.33. The average Bonchev–Trinajstić information content (AvgIpc) is 2.45. The lowest BCUT2D eigenvalue weighted by Crippen LogP contribution is -2.50. The van der Waals surface area contributed by atoms with Gasteiger partial charge in [-0.05, 0) is 84.2 Å². The fourth-order valence-electron chi connectivity index (χ4n) is 3.97. The smallest absolute Gasteiger partial charge is 0.333 e. The first-order valence-corrected chi connectivity index (χ1v) is 18.4. The van der Waals surface area contributed by atoms with E-state index < -0.39 is 34.8 Å². The Morgan fingerprint density at radius 1 is 1.14 bits per heavy atom. The van der Waals surface area contributed by atoms with Crippen LogP contribution in [0.4, 0.5) is 0 Å². The van der Waals surface area contributed by atoms with Crippen LogP contribution in [-0.4, -0.2) is 55.6 Å². The molecule has 0 spiro atoms. The van der Waals surface area contributed by atoms with Gasteiger partial charge >= 0.3 is 5.97 Å². The van der Waals surface area contributed by atoms with Gasteiger partial charge in [0.1, 0.15) is 11.5 Å². The number of ether oxygens (including phenoxy) is 1. The minimum Gasteiger partial charge on any atom is -0.456 e. The van der Waals surface area contributed by atoms with Crippen LogP contribution in [0.3, 0.4) is 0 Å². The highest BCUT2D eigenvalue weighted by Gasteiger charge is 2.37. The summed E-state index contributed by atoms with van der Waals surface area (Å²) in [5.41, 5.74) is -0.00974. The van der Waals surface area contributed by atoms with E-state index in [9.17, 15) is 9.90 Å². The minimum absolute atomic E-state index is 0.377. The molecule has 1 rings (SSSR count). The van der Waals surface area contributed by atoms with Crippen LogP contribution in [0, 0.1) is 5.92 Å². The SMILES string of the molecule is C=C(C)C(=O)OC1CCC(CCCC([SiH3])(O[Si](C)(C)C)O[Si](C)(C)C)CC1O. The second-order valence-electron chi connectivity index (χ2n) is 10.4. The van der Waals surface area contributed by atoms with Crippen molar-refractivity contribution in [2.75, 3.05) is 0 Å². The Labute approximate surface area is 176 Å². The molecule has 3 unspecified atom stereocenters. The van der Waals surface area contributed by atoms with Crippen LogP contribution in [0.2, 0.25) is 39.3 Å². The standard InChI is InChI=1S/C20H42O5Si3/c1-15(2)19(22)23-18-12-11-16(14-17(18)21)10-9-13-20(26,24-27(3,4)5)25-28(6,7)8/h16-18,21H,1,9-14H2,2-8,26H3. The maximum atomic E-state index is 11.7. The highest BCUT2D eigenvalue weighted by atomic mass is 28.4. The molecule has 1 saturated carbocycles. The van der Waals surface area contributed by atoms with E-state index in [1.54, 1.807) is 6.92 Å². The van der Waals surface area contributed by atoms with Crippen LogP contribution in [-0.2, 0) is 18.4 Å². The number of aliphatic hydroxyl groups is 1. The van der Waals surface area contributed by atoms with E-state index >= 15 is 0 Å². The summed E-state index contributed by atoms with van der Waals surface area (Å²) >= 11 is 0. The first-order chi connectivity index (χ1) is 12.6. The zero-order valence-electron chi connectivity index (χ0n) is 19.3. The average molecular weight is 447 g/mol. The summed E-state index contributed by atoms with van der Waals surface area (Å²) in [4.78, 5) is 11.7. The van der Waals surface area contributed by atoms with Crippen LogP contribution >= 0.6 is 0 Å². The van der Waals surface area contributed by atoms with Crippen LogP contribution < -0.4 is 0 Å². The second kappa shape index (κ2) is 10.2. The van der Waals surface area contributed by atoms with E-state index in [0.717, 1.165) is 35.9 Å². The van der Waals surface area contributed by atoms with Gasteiger partial charge in [-0.1, -0.05) is 13.0 Å². The number of aliphatic hydroxyl groups excluding tert-OH is 1. The van der Waals surface area contributed by atoms with Crippen LogP contribution in [0.5, 0.6) is 0 Å². The molecule has 28 heavy (non-hydrogen) atoms. The summed E-state index contributed by atoms with van der Waals surface area (Å²) in [5, 5.41) is 10.4. The number of carbonyl (C=O) groups is 1. The zero-order chi connectivity index (χ0) is 21.8. The van der Waals surface area contributed by atoms with Crippen molar-refractivity contribution in [3.8, 4) is 0 Å². The zero-order valence-corrected chi connectivity index (χ0v) is 23.3. The Morgan fingerprint density at radius 3 is 2.11 bits per heavy atom. The van der Waals surface area contributed by atoms with Crippen LogP contribution in [0.25, 0.3) is 0 Å². The lowest BCUT2D eigenvalue weighted by atomic mass is 9.82. The molecule has 1 aliphatic rings. The largest absolute Gasteiger partial charge is 0.456 e. The van der Waals surface area contributed by atoms with Crippen molar-refractivity contribution < 1.29 is 23.5 Å². The lowest BCUT2D eigenvalue weighted by Gasteiger charge is -2.41. The molecule has 0 aromatic heterocycles. The normalized spacial score (nSPS) is 24.2. The van der Waals surface area contributed by atoms with E-state index in [0.29, 0.717) is 24.3 Å². The molecule has 164 valence electrons. The highest BCUT2D eigenvalue weighted by molar-refractivity contribution is 6.71. The molecular formula is C20H42O5Si3. The number of rotatable bonds is 10. The predicted octanol–water partition coefficient (Wildman–Crippen LogP) is 3.53. The van der Waals surface area contributed by atoms with Gasteiger partial charge in [0.25, 0.3) is 0 Å². The Hall–Kier alpha value is -0.259. The van der Waals surface area contributed by atoms with Gasteiger partial charge in [0.05, 0.1) is 16.3 Å². The first-order valence-electron chi connectivity index (χ1n) is 10.6. The van der Waals surface area contributed by atoms with Crippen molar-refractivity contribution in [1.29, 1.82) is 0 Å². The van der Waals surface area contributed by atoms with Gasteiger partial charge in [-0.25, -0.2) is 4.79 Å². The monoisotopic (exact) mass is 446 g/mol. The Bertz CT molecular complexity index is 523. The van der Waals surface area contributed by atoms with Gasteiger partial charge in [-0.15, -0.1) is 0 Å². The van der Waals surface area contributed by atoms with Crippen LogP contribution in [0.1, 0.15) is 45.4 Å². The number of esters is 1. The van der Waals surface area contributed by atoms with E-state index in [1.807, 2.05) is 0 Å². The molecule has 0 aromatic rings. The fraction of sp³-hybridized carbons (Fsp3) is 0.850. The van der Waals surface area contributed by atoms with Crippen molar-refractivity contribution in [3.63, 3.8) is 0 Å². The Balaban J connectivity index is 2.54. The van der Waals surface area contributed by atoms with Crippen molar-refractivity contribution in [2.24, 2.45) is 5.92 Å². The van der Waals surface area contributed by atoms with Gasteiger partial charge < -0.3 is 18.7 Å². The van der Waals surface area contributed by atoms with Crippen molar-refractivity contribution in [2.45, 2.75) is 102 Å². The number of hydrogen-bond donors (Lipinski definition) is 1. The third kappa shape index (κ3) is 9.98. The van der Waals surface area contributed by atoms with Crippen LogP contribution in [0.15, 0.2) is 12.2 Å². The predicted molar refractivity (Wildman–Crippen MR) is 123 cm³/mol. The molecule has 0 aromatic carbocycles. The molecule has 1 fully saturated rings. The summed E-state index contributed by atoms with van der Waals surface area (Å²) in [7, 11) is -2.52. The van der Waals surface area contributed by atoms with Gasteiger partial charge in [0, 0.05) is 5.57 Å². The second-order valence-corrected chi connectivity index (χ2v) is 20.8. The molecule has 0 bridgehead atoms. The topological polar surface area (TPSA) is 65.0 Å². The number of carbonyl (C=O) groups excluding carboxylic acids is 1. The third-order valence-corrected chi connectivity index (χ3v) is 8.57. The molecule has 0 aliphatic heterocycles. The molecule has 3 atom stereocenters. The third-order valence-electron chi connectivity index (χ3n) is 4.76. The van der Waals surface area contributed by atoms with Gasteiger partial charge in [0.2, 0.25) is 0 Å². The van der Waals surface area contributed by atoms with Gasteiger partial charge in [-0.2, -0.15) is 0 Å². The van der Waals surface area contributed by atoms with E-state index in [1.165, 1.54) is 0 Å². The van der Waals surface area contributed by atoms with E-state index in [4.69, 9.17) is 13.6 Å². The molecular weight excluding hydrogens is 404 g/mol. The Kier molecular flexibility index (Phi) is 9.36. The quantitative estimate of drug-likeness (QED) is 0.241. The molecule has 5 nitrogen and oxygen atoms in total. The van der Waals surface area contributed by atoms with E-state index in [2.05, 4.69) is 45.9 Å². The fourth-order valence-corrected chi connectivity index (χ4v) is 11.0. The van der Waals surface area contributed by atoms with Crippen molar-refractivity contribution in [1.82, 2.24) is 0 Å². The molecule has 0 amide bonds. The summed E-state index contributed by atoms with van der Waals surface area (Å²) in [6.45, 7) is 18.6. The summed E-state index contributed by atoms with van der Waals surface area (Å²) < 4.78 is 18.4. The van der Waals surface area contributed by atoms with Gasteiger partial charge in [-0.3, -0.25) is 0 Å². The number of hydrogen-bond acceptors (Lipinski definition) is 5. The summed E-state index contributed by atoms with van der Waals surface area (Å²) in [5.74, 6) is 0.0506. The molecule has 0 saturated heterocycles. The van der Waals surface area contributed by atoms with E-state index in [-0.39, 0.29) is 5.41 Å². The van der Waals surface area contributed by atoms with Gasteiger partial charge in [0.15, 0.2) is 16.6 Å². The molecule has 1 aliphatic carbocycles. The molecule has 8 heteroatoms. The maximum absolute atomic E-state index is 11.7. The Morgan fingerprint density at radius 2 is 1.68 bits per heavy atom. The van der Waals surface area contributed by atoms with Crippen molar-refractivity contribution >= 4 is 32.8 Å². The maximum Gasteiger partial charge on any atom is 0.333 e. The summed E-state index contributed by atoms with van der Waals surface area (Å²) in [6.07, 6.45) is 4.40.